The molecule has 1 N–H and O–H groups in total. The molecule has 84 valence electrons. The summed E-state index contributed by atoms with van der Waals surface area (Å²) in [5.74, 6) is 0.980. The molecule has 0 unspecified atom stereocenters. The van der Waals surface area contributed by atoms with Gasteiger partial charge in [0, 0.05) is 37.9 Å². The second-order valence-corrected chi connectivity index (χ2v) is 4.05. The summed E-state index contributed by atoms with van der Waals surface area (Å²) in [5.41, 5.74) is 1.00. The predicted molar refractivity (Wildman–Crippen MR) is 63.2 cm³/mol. The number of hydrogen-bond acceptors (Lipinski definition) is 4. The number of nitrogens with zero attached hydrogens (tertiary/aromatic N) is 3. The molecule has 1 aromatic heterocycles. The molecule has 0 amide bonds. The van der Waals surface area contributed by atoms with Crippen LogP contribution < -0.4 is 10.2 Å². The third-order valence-corrected chi connectivity index (χ3v) is 2.18. The summed E-state index contributed by atoms with van der Waals surface area (Å²) in [5, 5.41) is 3.38. The number of likely N-dealkylation sites (N-methyl/N-ethyl adjacent to an activating group) is 1. The van der Waals surface area contributed by atoms with E-state index in [9.17, 15) is 0 Å². The van der Waals surface area contributed by atoms with Crippen LogP contribution in [0, 0.1) is 6.92 Å². The highest BCUT2D eigenvalue weighted by molar-refractivity contribution is 5.37. The van der Waals surface area contributed by atoms with Crippen molar-refractivity contribution >= 4 is 5.82 Å². The Bertz CT molecular complexity index is 298. The fourth-order valence-electron chi connectivity index (χ4n) is 1.28. The predicted octanol–water partition coefficient (Wildman–Crippen LogP) is 1.22. The number of nitrogens with one attached hydrogen (secondary N) is 1. The van der Waals surface area contributed by atoms with Crippen LogP contribution in [-0.2, 0) is 0 Å². The van der Waals surface area contributed by atoms with Crippen molar-refractivity contribution in [1.29, 1.82) is 0 Å². The maximum atomic E-state index is 4.22. The van der Waals surface area contributed by atoms with Gasteiger partial charge >= 0.3 is 0 Å². The number of aryl methyl sites for hydroxylation is 1. The van der Waals surface area contributed by atoms with E-state index < -0.39 is 0 Å². The van der Waals surface area contributed by atoms with E-state index in [0.717, 1.165) is 24.6 Å². The molecule has 1 heterocycles. The van der Waals surface area contributed by atoms with Crippen molar-refractivity contribution in [2.45, 2.75) is 26.8 Å². The highest BCUT2D eigenvalue weighted by atomic mass is 15.2. The van der Waals surface area contributed by atoms with Crippen molar-refractivity contribution in [3.8, 4) is 0 Å². The first-order chi connectivity index (χ1) is 7.09. The summed E-state index contributed by atoms with van der Waals surface area (Å²) in [6.07, 6.45) is 1.61. The topological polar surface area (TPSA) is 41.0 Å². The maximum absolute atomic E-state index is 4.22. The van der Waals surface area contributed by atoms with E-state index in [-0.39, 0.29) is 0 Å². The van der Waals surface area contributed by atoms with Crippen LogP contribution in [0.15, 0.2) is 12.4 Å². The lowest BCUT2D eigenvalue weighted by molar-refractivity contribution is 0.588. The average Bonchev–Trinajstić information content (AvgIpc) is 2.17. The van der Waals surface area contributed by atoms with Crippen LogP contribution in [0.3, 0.4) is 0 Å². The highest BCUT2D eigenvalue weighted by Gasteiger charge is 2.02. The van der Waals surface area contributed by atoms with E-state index in [0.29, 0.717) is 6.04 Å². The second kappa shape index (κ2) is 5.66. The van der Waals surface area contributed by atoms with Gasteiger partial charge in [-0.2, -0.15) is 0 Å². The minimum atomic E-state index is 0.533. The van der Waals surface area contributed by atoms with E-state index in [4.69, 9.17) is 0 Å². The Morgan fingerprint density at radius 2 is 2.13 bits per heavy atom. The third kappa shape index (κ3) is 4.25. The quantitative estimate of drug-likeness (QED) is 0.790. The second-order valence-electron chi connectivity index (χ2n) is 4.05. The average molecular weight is 208 g/mol. The van der Waals surface area contributed by atoms with Crippen molar-refractivity contribution < 1.29 is 0 Å². The zero-order valence-corrected chi connectivity index (χ0v) is 9.99. The first kappa shape index (κ1) is 11.9. The Balaban J connectivity index is 2.43. The lowest BCUT2D eigenvalue weighted by Gasteiger charge is -2.19. The molecule has 0 aromatic carbocycles. The molecule has 1 aromatic rings. The number of anilines is 1. The minimum absolute atomic E-state index is 0.533. The zero-order valence-electron chi connectivity index (χ0n) is 9.99. The monoisotopic (exact) mass is 208 g/mol. The van der Waals surface area contributed by atoms with Crippen LogP contribution in [0.2, 0.25) is 0 Å². The van der Waals surface area contributed by atoms with Crippen LogP contribution in [0.5, 0.6) is 0 Å². The summed E-state index contributed by atoms with van der Waals surface area (Å²) < 4.78 is 0. The highest BCUT2D eigenvalue weighted by Crippen LogP contribution is 2.07. The Kier molecular flexibility index (Phi) is 4.49. The fourth-order valence-corrected chi connectivity index (χ4v) is 1.28. The van der Waals surface area contributed by atoms with Gasteiger partial charge in [-0.15, -0.1) is 0 Å². The summed E-state index contributed by atoms with van der Waals surface area (Å²) in [6, 6.07) is 2.53. The number of aromatic nitrogens is 2. The van der Waals surface area contributed by atoms with Crippen molar-refractivity contribution in [1.82, 2.24) is 15.3 Å². The van der Waals surface area contributed by atoms with Gasteiger partial charge in [-0.3, -0.25) is 0 Å². The van der Waals surface area contributed by atoms with Crippen LogP contribution in [0.4, 0.5) is 5.82 Å². The van der Waals surface area contributed by atoms with Crippen LogP contribution >= 0.6 is 0 Å². The molecular weight excluding hydrogens is 188 g/mol. The number of rotatable bonds is 5. The van der Waals surface area contributed by atoms with E-state index in [1.54, 1.807) is 6.33 Å². The summed E-state index contributed by atoms with van der Waals surface area (Å²) >= 11 is 0. The zero-order chi connectivity index (χ0) is 11.3. The van der Waals surface area contributed by atoms with Gasteiger partial charge in [0.05, 0.1) is 0 Å². The normalized spacial score (nSPS) is 10.7. The molecule has 15 heavy (non-hydrogen) atoms. The summed E-state index contributed by atoms with van der Waals surface area (Å²) in [4.78, 5) is 10.4. The van der Waals surface area contributed by atoms with E-state index in [1.165, 1.54) is 0 Å². The van der Waals surface area contributed by atoms with E-state index in [1.807, 2.05) is 20.0 Å². The SMILES string of the molecule is Cc1cc(N(C)CCNC(C)C)ncn1. The van der Waals surface area contributed by atoms with E-state index >= 15 is 0 Å². The van der Waals surface area contributed by atoms with Gasteiger partial charge in [-0.25, -0.2) is 9.97 Å². The standard InChI is InChI=1S/C11H20N4/c1-9(2)12-5-6-15(4)11-7-10(3)13-8-14-11/h7-9,12H,5-6H2,1-4H3. The third-order valence-electron chi connectivity index (χ3n) is 2.18. The van der Waals surface area contributed by atoms with Crippen LogP contribution in [-0.4, -0.2) is 36.1 Å². The lowest BCUT2D eigenvalue weighted by Crippen LogP contribution is -2.33. The molecule has 4 heteroatoms. The molecule has 0 bridgehead atoms. The van der Waals surface area contributed by atoms with Crippen LogP contribution in [0.1, 0.15) is 19.5 Å². The van der Waals surface area contributed by atoms with Crippen molar-refractivity contribution in [3.63, 3.8) is 0 Å². The van der Waals surface area contributed by atoms with Crippen LogP contribution in [0.25, 0.3) is 0 Å². The molecule has 0 radical (unpaired) electrons. The molecule has 0 aliphatic heterocycles. The fraction of sp³-hybridized carbons (Fsp3) is 0.636. The maximum Gasteiger partial charge on any atom is 0.131 e. The van der Waals surface area contributed by atoms with Crippen molar-refractivity contribution in [2.75, 3.05) is 25.0 Å². The Morgan fingerprint density at radius 1 is 1.40 bits per heavy atom. The van der Waals surface area contributed by atoms with Crippen molar-refractivity contribution in [3.05, 3.63) is 18.1 Å². The lowest BCUT2D eigenvalue weighted by atomic mass is 10.3. The first-order valence-corrected chi connectivity index (χ1v) is 5.32. The first-order valence-electron chi connectivity index (χ1n) is 5.32. The summed E-state index contributed by atoms with van der Waals surface area (Å²) in [6.45, 7) is 8.20. The molecule has 1 rings (SSSR count). The smallest absolute Gasteiger partial charge is 0.131 e. The molecule has 4 nitrogen and oxygen atoms in total. The number of hydrogen-bond donors (Lipinski definition) is 1. The Morgan fingerprint density at radius 3 is 2.73 bits per heavy atom. The Labute approximate surface area is 91.7 Å². The van der Waals surface area contributed by atoms with Gasteiger partial charge in [0.25, 0.3) is 0 Å². The van der Waals surface area contributed by atoms with Gasteiger partial charge < -0.3 is 10.2 Å². The van der Waals surface area contributed by atoms with E-state index in [2.05, 4.69) is 34.0 Å². The van der Waals surface area contributed by atoms with Gasteiger partial charge in [-0.1, -0.05) is 13.8 Å². The Hall–Kier alpha value is -1.16. The summed E-state index contributed by atoms with van der Waals surface area (Å²) in [7, 11) is 2.05. The molecule has 0 aliphatic carbocycles. The molecule has 0 aliphatic rings. The molecular formula is C11H20N4. The van der Waals surface area contributed by atoms with Gasteiger partial charge in [0.2, 0.25) is 0 Å². The van der Waals surface area contributed by atoms with Gasteiger partial charge in [-0.05, 0) is 6.92 Å². The van der Waals surface area contributed by atoms with Gasteiger partial charge in [0.15, 0.2) is 0 Å². The molecule has 0 fully saturated rings. The molecule has 0 saturated heterocycles. The van der Waals surface area contributed by atoms with Crippen molar-refractivity contribution in [2.24, 2.45) is 0 Å². The minimum Gasteiger partial charge on any atom is -0.358 e. The molecule has 0 saturated carbocycles. The van der Waals surface area contributed by atoms with Gasteiger partial charge in [0.1, 0.15) is 12.1 Å². The molecule has 0 atom stereocenters. The largest absolute Gasteiger partial charge is 0.358 e. The molecule has 0 spiro atoms.